The maximum absolute atomic E-state index is 12.8. The summed E-state index contributed by atoms with van der Waals surface area (Å²) < 4.78 is 27.0. The largest absolute Gasteiger partial charge is 0.348 e. The van der Waals surface area contributed by atoms with Crippen LogP contribution in [0, 0.1) is 5.92 Å². The molecule has 3 rings (SSSR count). The number of piperidine rings is 1. The Bertz CT molecular complexity index is 804. The standard InChI is InChI=1S/C18H22N2O3S2/c1-14(17-10-6-12-24-17)19-18(21)15-7-5-11-20(13-15)25(22,23)16-8-3-2-4-9-16/h2-4,6,8-10,12,14-15H,5,7,11,13H2,1H3,(H,19,21). The van der Waals surface area contributed by atoms with Gasteiger partial charge in [0.2, 0.25) is 15.9 Å². The summed E-state index contributed by atoms with van der Waals surface area (Å²) in [5.74, 6) is -0.386. The summed E-state index contributed by atoms with van der Waals surface area (Å²) in [6.45, 7) is 2.65. The molecule has 0 spiro atoms. The molecule has 1 saturated heterocycles. The first kappa shape index (κ1) is 18.1. The van der Waals surface area contributed by atoms with Gasteiger partial charge in [-0.15, -0.1) is 11.3 Å². The Hall–Kier alpha value is -1.70. The quantitative estimate of drug-likeness (QED) is 0.870. The van der Waals surface area contributed by atoms with E-state index in [1.165, 1.54) is 4.31 Å². The normalized spacial score (nSPS) is 20.1. The second-order valence-corrected chi connectivity index (χ2v) is 9.18. The highest BCUT2D eigenvalue weighted by atomic mass is 32.2. The summed E-state index contributed by atoms with van der Waals surface area (Å²) >= 11 is 1.60. The second-order valence-electron chi connectivity index (χ2n) is 6.26. The molecule has 2 atom stereocenters. The first-order chi connectivity index (χ1) is 12.0. The van der Waals surface area contributed by atoms with Crippen molar-refractivity contribution in [3.8, 4) is 0 Å². The minimum Gasteiger partial charge on any atom is -0.348 e. The van der Waals surface area contributed by atoms with Crippen molar-refractivity contribution in [3.05, 3.63) is 52.7 Å². The monoisotopic (exact) mass is 378 g/mol. The SMILES string of the molecule is CC(NC(=O)C1CCCN(S(=O)(=O)c2ccccc2)C1)c1cccs1. The first-order valence-electron chi connectivity index (χ1n) is 8.37. The van der Waals surface area contributed by atoms with Crippen LogP contribution in [-0.4, -0.2) is 31.7 Å². The number of benzene rings is 1. The fourth-order valence-corrected chi connectivity index (χ4v) is 5.34. The van der Waals surface area contributed by atoms with E-state index < -0.39 is 10.0 Å². The summed E-state index contributed by atoms with van der Waals surface area (Å²) in [7, 11) is -3.54. The molecule has 1 aromatic heterocycles. The molecule has 5 nitrogen and oxygen atoms in total. The van der Waals surface area contributed by atoms with E-state index in [9.17, 15) is 13.2 Å². The van der Waals surface area contributed by atoms with Crippen LogP contribution in [0.5, 0.6) is 0 Å². The van der Waals surface area contributed by atoms with Crippen molar-refractivity contribution >= 4 is 27.3 Å². The summed E-state index contributed by atoms with van der Waals surface area (Å²) in [4.78, 5) is 14.0. The summed E-state index contributed by atoms with van der Waals surface area (Å²) in [6.07, 6.45) is 1.40. The Labute approximate surface area is 152 Å². The third kappa shape index (κ3) is 4.11. The molecule has 7 heteroatoms. The Morgan fingerprint density at radius 3 is 2.68 bits per heavy atom. The van der Waals surface area contributed by atoms with Crippen molar-refractivity contribution in [2.45, 2.75) is 30.7 Å². The topological polar surface area (TPSA) is 66.5 Å². The van der Waals surface area contributed by atoms with Gasteiger partial charge in [-0.1, -0.05) is 24.3 Å². The van der Waals surface area contributed by atoms with E-state index in [-0.39, 0.29) is 29.3 Å². The van der Waals surface area contributed by atoms with Gasteiger partial charge in [0.15, 0.2) is 0 Å². The Morgan fingerprint density at radius 2 is 2.00 bits per heavy atom. The third-order valence-corrected chi connectivity index (χ3v) is 7.40. The molecule has 25 heavy (non-hydrogen) atoms. The second kappa shape index (κ2) is 7.68. The molecule has 0 aliphatic carbocycles. The van der Waals surface area contributed by atoms with E-state index in [4.69, 9.17) is 0 Å². The molecule has 0 bridgehead atoms. The zero-order valence-electron chi connectivity index (χ0n) is 14.1. The molecule has 0 radical (unpaired) electrons. The van der Waals surface area contributed by atoms with Crippen molar-refractivity contribution < 1.29 is 13.2 Å². The van der Waals surface area contributed by atoms with E-state index >= 15 is 0 Å². The van der Waals surface area contributed by atoms with Crippen LogP contribution in [0.25, 0.3) is 0 Å². The molecule has 2 aromatic rings. The predicted molar refractivity (Wildman–Crippen MR) is 98.8 cm³/mol. The van der Waals surface area contributed by atoms with Crippen molar-refractivity contribution in [2.24, 2.45) is 5.92 Å². The molecular formula is C18H22N2O3S2. The maximum Gasteiger partial charge on any atom is 0.243 e. The minimum absolute atomic E-state index is 0.0615. The maximum atomic E-state index is 12.8. The first-order valence-corrected chi connectivity index (χ1v) is 10.7. The Morgan fingerprint density at radius 1 is 1.24 bits per heavy atom. The summed E-state index contributed by atoms with van der Waals surface area (Å²) in [5.41, 5.74) is 0. The van der Waals surface area contributed by atoms with Gasteiger partial charge in [-0.2, -0.15) is 4.31 Å². The Balaban J connectivity index is 1.67. The summed E-state index contributed by atoms with van der Waals surface area (Å²) in [5, 5.41) is 4.99. The molecule has 1 aliphatic rings. The van der Waals surface area contributed by atoms with Crippen molar-refractivity contribution in [1.82, 2.24) is 9.62 Å². The van der Waals surface area contributed by atoms with Crippen LogP contribution in [0.15, 0.2) is 52.7 Å². The highest BCUT2D eigenvalue weighted by Crippen LogP contribution is 2.25. The van der Waals surface area contributed by atoms with E-state index in [0.29, 0.717) is 19.4 Å². The van der Waals surface area contributed by atoms with E-state index in [1.807, 2.05) is 24.4 Å². The highest BCUT2D eigenvalue weighted by molar-refractivity contribution is 7.89. The lowest BCUT2D eigenvalue weighted by Gasteiger charge is -2.31. The van der Waals surface area contributed by atoms with Crippen molar-refractivity contribution in [2.75, 3.05) is 13.1 Å². The van der Waals surface area contributed by atoms with Gasteiger partial charge in [-0.05, 0) is 43.3 Å². The van der Waals surface area contributed by atoms with E-state index in [0.717, 1.165) is 4.88 Å². The third-order valence-electron chi connectivity index (χ3n) is 4.46. The lowest BCUT2D eigenvalue weighted by molar-refractivity contribution is -0.126. The van der Waals surface area contributed by atoms with Gasteiger partial charge < -0.3 is 5.32 Å². The van der Waals surface area contributed by atoms with Gasteiger partial charge in [0, 0.05) is 18.0 Å². The zero-order valence-corrected chi connectivity index (χ0v) is 15.7. The minimum atomic E-state index is -3.54. The van der Waals surface area contributed by atoms with Gasteiger partial charge in [0.25, 0.3) is 0 Å². The Kier molecular flexibility index (Phi) is 5.56. The molecule has 1 aromatic carbocycles. The average Bonchev–Trinajstić information content (AvgIpc) is 3.17. The van der Waals surface area contributed by atoms with Gasteiger partial charge in [-0.25, -0.2) is 8.42 Å². The number of nitrogens with zero attached hydrogens (tertiary/aromatic N) is 1. The number of sulfonamides is 1. The molecule has 1 N–H and O–H groups in total. The van der Waals surface area contributed by atoms with Crippen molar-refractivity contribution in [3.63, 3.8) is 0 Å². The molecule has 134 valence electrons. The number of nitrogens with one attached hydrogen (secondary N) is 1. The molecule has 2 unspecified atom stereocenters. The molecule has 2 heterocycles. The summed E-state index contributed by atoms with van der Waals surface area (Å²) in [6, 6.07) is 12.3. The zero-order chi connectivity index (χ0) is 17.9. The predicted octanol–water partition coefficient (Wildman–Crippen LogP) is 3.03. The van der Waals surface area contributed by atoms with Gasteiger partial charge in [0.05, 0.1) is 16.9 Å². The van der Waals surface area contributed by atoms with E-state index in [1.54, 1.807) is 41.7 Å². The number of hydrogen-bond acceptors (Lipinski definition) is 4. The number of rotatable bonds is 5. The molecule has 1 fully saturated rings. The number of carbonyl (C=O) groups excluding carboxylic acids is 1. The van der Waals surface area contributed by atoms with Crippen LogP contribution in [0.1, 0.15) is 30.7 Å². The van der Waals surface area contributed by atoms with Crippen LogP contribution in [0.3, 0.4) is 0 Å². The van der Waals surface area contributed by atoms with E-state index in [2.05, 4.69) is 5.32 Å². The van der Waals surface area contributed by atoms with Crippen LogP contribution in [0.4, 0.5) is 0 Å². The number of carbonyl (C=O) groups is 1. The smallest absolute Gasteiger partial charge is 0.243 e. The van der Waals surface area contributed by atoms with Crippen LogP contribution >= 0.6 is 11.3 Å². The fraction of sp³-hybridized carbons (Fsp3) is 0.389. The van der Waals surface area contributed by atoms with Gasteiger partial charge >= 0.3 is 0 Å². The molecule has 0 saturated carbocycles. The van der Waals surface area contributed by atoms with Crippen LogP contribution in [-0.2, 0) is 14.8 Å². The lowest BCUT2D eigenvalue weighted by Crippen LogP contribution is -2.45. The molecular weight excluding hydrogens is 356 g/mol. The average molecular weight is 379 g/mol. The lowest BCUT2D eigenvalue weighted by atomic mass is 9.98. The number of hydrogen-bond donors (Lipinski definition) is 1. The number of amides is 1. The van der Waals surface area contributed by atoms with Gasteiger partial charge in [0.1, 0.15) is 0 Å². The fourth-order valence-electron chi connectivity index (χ4n) is 3.06. The molecule has 1 amide bonds. The van der Waals surface area contributed by atoms with Crippen molar-refractivity contribution in [1.29, 1.82) is 0 Å². The highest BCUT2D eigenvalue weighted by Gasteiger charge is 2.33. The van der Waals surface area contributed by atoms with Crippen LogP contribution in [0.2, 0.25) is 0 Å². The van der Waals surface area contributed by atoms with Gasteiger partial charge in [-0.3, -0.25) is 4.79 Å². The van der Waals surface area contributed by atoms with Crippen LogP contribution < -0.4 is 5.32 Å². The number of thiophene rings is 1. The molecule has 1 aliphatic heterocycles.